The molecule has 0 aliphatic carbocycles. The van der Waals surface area contributed by atoms with E-state index in [2.05, 4.69) is 45.6 Å². The third-order valence-corrected chi connectivity index (χ3v) is 5.24. The highest BCUT2D eigenvalue weighted by Gasteiger charge is 2.26. The van der Waals surface area contributed by atoms with Crippen molar-refractivity contribution in [3.63, 3.8) is 0 Å². The molecule has 1 unspecified atom stereocenters. The molecule has 0 radical (unpaired) electrons. The smallest absolute Gasteiger partial charge is 0.257 e. The van der Waals surface area contributed by atoms with Gasteiger partial charge in [-0.3, -0.25) is 4.90 Å². The van der Waals surface area contributed by atoms with Crippen molar-refractivity contribution in [1.82, 2.24) is 20.4 Å². The maximum atomic E-state index is 5.49. The first-order valence-corrected chi connectivity index (χ1v) is 8.41. The second kappa shape index (κ2) is 5.44. The van der Waals surface area contributed by atoms with E-state index in [1.165, 1.54) is 16.9 Å². The Labute approximate surface area is 128 Å². The zero-order valence-corrected chi connectivity index (χ0v) is 12.8. The van der Waals surface area contributed by atoms with Gasteiger partial charge in [0, 0.05) is 36.7 Å². The normalized spacial score (nSPS) is 22.4. The average Bonchev–Trinajstić information content (AvgIpc) is 3.16. The number of aromatic nitrogens is 2. The Morgan fingerprint density at radius 3 is 3.14 bits per heavy atom. The first-order valence-electron chi connectivity index (χ1n) is 7.26. The largest absolute Gasteiger partial charge is 0.334 e. The van der Waals surface area contributed by atoms with E-state index in [0.29, 0.717) is 5.89 Å². The maximum absolute atomic E-state index is 5.49. The SMILES string of the molecule is CN1CCSCC1c1noc(-c2ccc3c(c2)CNC3)n1. The summed E-state index contributed by atoms with van der Waals surface area (Å²) in [7, 11) is 2.13. The molecule has 5 nitrogen and oxygen atoms in total. The first kappa shape index (κ1) is 13.3. The molecule has 3 heterocycles. The molecule has 2 aliphatic heterocycles. The van der Waals surface area contributed by atoms with Gasteiger partial charge in [-0.2, -0.15) is 16.7 Å². The third kappa shape index (κ3) is 2.47. The van der Waals surface area contributed by atoms with Crippen molar-refractivity contribution in [3.05, 3.63) is 35.2 Å². The molecule has 1 atom stereocenters. The summed E-state index contributed by atoms with van der Waals surface area (Å²) in [6.45, 7) is 2.95. The van der Waals surface area contributed by atoms with Crippen molar-refractivity contribution in [2.45, 2.75) is 19.1 Å². The highest BCUT2D eigenvalue weighted by molar-refractivity contribution is 7.99. The van der Waals surface area contributed by atoms with Gasteiger partial charge in [-0.25, -0.2) is 0 Å². The lowest BCUT2D eigenvalue weighted by molar-refractivity contribution is 0.257. The lowest BCUT2D eigenvalue weighted by Crippen LogP contribution is -2.33. The topological polar surface area (TPSA) is 54.2 Å². The van der Waals surface area contributed by atoms with Crippen molar-refractivity contribution >= 4 is 11.8 Å². The van der Waals surface area contributed by atoms with Crippen LogP contribution in [-0.2, 0) is 13.1 Å². The van der Waals surface area contributed by atoms with Gasteiger partial charge in [0.25, 0.3) is 5.89 Å². The first-order chi connectivity index (χ1) is 10.3. The molecule has 0 amide bonds. The van der Waals surface area contributed by atoms with E-state index in [-0.39, 0.29) is 6.04 Å². The summed E-state index contributed by atoms with van der Waals surface area (Å²) in [4.78, 5) is 6.93. The molecule has 110 valence electrons. The molecule has 4 rings (SSSR count). The molecular weight excluding hydrogens is 284 g/mol. The number of hydrogen-bond acceptors (Lipinski definition) is 6. The predicted octanol–water partition coefficient (Wildman–Crippen LogP) is 2.06. The van der Waals surface area contributed by atoms with Crippen LogP contribution in [0.25, 0.3) is 11.5 Å². The van der Waals surface area contributed by atoms with Crippen molar-refractivity contribution in [2.24, 2.45) is 0 Å². The summed E-state index contributed by atoms with van der Waals surface area (Å²) in [5.41, 5.74) is 3.71. The summed E-state index contributed by atoms with van der Waals surface area (Å²) in [5.74, 6) is 3.64. The van der Waals surface area contributed by atoms with E-state index in [9.17, 15) is 0 Å². The van der Waals surface area contributed by atoms with Crippen LogP contribution in [-0.4, -0.2) is 40.1 Å². The molecule has 21 heavy (non-hydrogen) atoms. The second-order valence-corrected chi connectivity index (χ2v) is 6.77. The van der Waals surface area contributed by atoms with Crippen molar-refractivity contribution in [1.29, 1.82) is 0 Å². The molecule has 2 aliphatic rings. The predicted molar refractivity (Wildman–Crippen MR) is 83.0 cm³/mol. The van der Waals surface area contributed by atoms with Gasteiger partial charge in [0.1, 0.15) is 0 Å². The van der Waals surface area contributed by atoms with Crippen LogP contribution in [0.1, 0.15) is 23.0 Å². The van der Waals surface area contributed by atoms with Crippen LogP contribution in [0.5, 0.6) is 0 Å². The second-order valence-electron chi connectivity index (χ2n) is 5.62. The number of thioether (sulfide) groups is 1. The molecule has 0 spiro atoms. The number of rotatable bonds is 2. The molecule has 6 heteroatoms. The highest BCUT2D eigenvalue weighted by Crippen LogP contribution is 2.29. The summed E-state index contributed by atoms with van der Waals surface area (Å²) in [5, 5.41) is 7.56. The third-order valence-electron chi connectivity index (χ3n) is 4.22. The molecule has 0 bridgehead atoms. The fourth-order valence-corrected chi connectivity index (χ4v) is 4.08. The minimum atomic E-state index is 0.261. The van der Waals surface area contributed by atoms with Crippen molar-refractivity contribution in [3.8, 4) is 11.5 Å². The standard InChI is InChI=1S/C15H18N4OS/c1-19-4-5-21-9-13(19)14-17-15(20-18-14)10-2-3-11-7-16-8-12(11)6-10/h2-3,6,13,16H,4-5,7-9H2,1H3. The van der Waals surface area contributed by atoms with Crippen molar-refractivity contribution < 1.29 is 4.52 Å². The molecule has 0 saturated carbocycles. The Morgan fingerprint density at radius 1 is 1.33 bits per heavy atom. The molecular formula is C15H18N4OS. The number of benzene rings is 1. The minimum absolute atomic E-state index is 0.261. The Balaban J connectivity index is 1.62. The van der Waals surface area contributed by atoms with Gasteiger partial charge in [0.2, 0.25) is 0 Å². The van der Waals surface area contributed by atoms with Crippen molar-refractivity contribution in [2.75, 3.05) is 25.1 Å². The van der Waals surface area contributed by atoms with Gasteiger partial charge in [-0.1, -0.05) is 11.2 Å². The number of hydrogen-bond donors (Lipinski definition) is 1. The van der Waals surface area contributed by atoms with E-state index in [0.717, 1.165) is 36.8 Å². The Morgan fingerprint density at radius 2 is 2.24 bits per heavy atom. The zero-order valence-electron chi connectivity index (χ0n) is 12.0. The van der Waals surface area contributed by atoms with Gasteiger partial charge in [-0.05, 0) is 30.3 Å². The van der Waals surface area contributed by atoms with E-state index >= 15 is 0 Å². The van der Waals surface area contributed by atoms with E-state index in [1.807, 2.05) is 11.8 Å². The van der Waals surface area contributed by atoms with Gasteiger partial charge in [-0.15, -0.1) is 0 Å². The summed E-state index contributed by atoms with van der Waals surface area (Å²) < 4.78 is 5.49. The molecule has 1 N–H and O–H groups in total. The van der Waals surface area contributed by atoms with Gasteiger partial charge >= 0.3 is 0 Å². The summed E-state index contributed by atoms with van der Waals surface area (Å²) in [6, 6.07) is 6.64. The van der Waals surface area contributed by atoms with Crippen LogP contribution in [0, 0.1) is 0 Å². The van der Waals surface area contributed by atoms with Gasteiger partial charge in [0.05, 0.1) is 6.04 Å². The highest BCUT2D eigenvalue weighted by atomic mass is 32.2. The monoisotopic (exact) mass is 302 g/mol. The Hall–Kier alpha value is -1.37. The van der Waals surface area contributed by atoms with Crippen LogP contribution < -0.4 is 5.32 Å². The Kier molecular flexibility index (Phi) is 3.45. The molecule has 1 aromatic heterocycles. The lowest BCUT2D eigenvalue weighted by Gasteiger charge is -2.29. The molecule has 1 aromatic carbocycles. The van der Waals surface area contributed by atoms with Crippen LogP contribution in [0.15, 0.2) is 22.7 Å². The molecule has 1 fully saturated rings. The minimum Gasteiger partial charge on any atom is -0.334 e. The number of fused-ring (bicyclic) bond motifs is 1. The van der Waals surface area contributed by atoms with Crippen LogP contribution in [0.2, 0.25) is 0 Å². The van der Waals surface area contributed by atoms with Crippen LogP contribution in [0.3, 0.4) is 0 Å². The average molecular weight is 302 g/mol. The van der Waals surface area contributed by atoms with E-state index in [1.54, 1.807) is 0 Å². The van der Waals surface area contributed by atoms with Crippen LogP contribution in [0.4, 0.5) is 0 Å². The summed E-state index contributed by atoms with van der Waals surface area (Å²) in [6.07, 6.45) is 0. The van der Waals surface area contributed by atoms with Gasteiger partial charge in [0.15, 0.2) is 5.82 Å². The summed E-state index contributed by atoms with van der Waals surface area (Å²) >= 11 is 1.95. The molecule has 2 aromatic rings. The van der Waals surface area contributed by atoms with Gasteiger partial charge < -0.3 is 9.84 Å². The zero-order chi connectivity index (χ0) is 14.2. The van der Waals surface area contributed by atoms with E-state index in [4.69, 9.17) is 4.52 Å². The van der Waals surface area contributed by atoms with E-state index < -0.39 is 0 Å². The number of nitrogens with one attached hydrogen (secondary N) is 1. The Bertz CT molecular complexity index is 657. The lowest BCUT2D eigenvalue weighted by atomic mass is 10.1. The molecule has 1 saturated heterocycles. The fourth-order valence-electron chi connectivity index (χ4n) is 2.87. The van der Waals surface area contributed by atoms with Crippen LogP contribution >= 0.6 is 11.8 Å². The number of nitrogens with zero attached hydrogens (tertiary/aromatic N) is 3. The fraction of sp³-hybridized carbons (Fsp3) is 0.467. The maximum Gasteiger partial charge on any atom is 0.257 e. The quantitative estimate of drug-likeness (QED) is 0.916.